The molecule has 7 nitrogen and oxygen atoms in total. The van der Waals surface area contributed by atoms with Crippen molar-refractivity contribution in [1.29, 1.82) is 0 Å². The predicted octanol–water partition coefficient (Wildman–Crippen LogP) is 3.29. The number of rotatable bonds is 11. The zero-order chi connectivity index (χ0) is 20.5. The van der Waals surface area contributed by atoms with Crippen LogP contribution in [0.5, 0.6) is 0 Å². The molecule has 1 aromatic heterocycles. The van der Waals surface area contributed by atoms with Crippen molar-refractivity contribution in [3.05, 3.63) is 31.0 Å². The minimum Gasteiger partial charge on any atom is -0.354 e. The number of fused-ring (bicyclic) bond motifs is 1. The molecule has 1 atom stereocenters. The lowest BCUT2D eigenvalue weighted by atomic mass is 10.0. The molecule has 0 spiro atoms. The lowest BCUT2D eigenvalue weighted by Crippen LogP contribution is -2.41. The second-order valence-electron chi connectivity index (χ2n) is 7.86. The van der Waals surface area contributed by atoms with Crippen molar-refractivity contribution in [2.24, 2.45) is 5.92 Å². The third kappa shape index (κ3) is 6.29. The minimum atomic E-state index is -0.0220. The van der Waals surface area contributed by atoms with Crippen LogP contribution in [0.4, 0.5) is 17.5 Å². The highest BCUT2D eigenvalue weighted by Gasteiger charge is 2.25. The van der Waals surface area contributed by atoms with Gasteiger partial charge in [-0.25, -0.2) is 4.98 Å². The average molecular weight is 399 g/mol. The number of nitrogens with one attached hydrogen (secondary N) is 2. The molecule has 1 amide bonds. The normalized spacial score (nSPS) is 18.0. The largest absolute Gasteiger partial charge is 0.354 e. The van der Waals surface area contributed by atoms with Crippen molar-refractivity contribution in [3.63, 3.8) is 0 Å². The highest BCUT2D eigenvalue weighted by molar-refractivity contribution is 6.00. The fraction of sp³-hybridized carbons (Fsp3) is 0.591. The Morgan fingerprint density at radius 1 is 1.38 bits per heavy atom. The average Bonchev–Trinajstić information content (AvgIpc) is 3.22. The van der Waals surface area contributed by atoms with Crippen LogP contribution in [0.3, 0.4) is 0 Å². The fourth-order valence-electron chi connectivity index (χ4n) is 3.83. The molecule has 3 rings (SSSR count). The molecule has 1 aromatic rings. The smallest absolute Gasteiger partial charge is 0.244 e. The van der Waals surface area contributed by atoms with E-state index in [2.05, 4.69) is 56.1 Å². The third-order valence-electron chi connectivity index (χ3n) is 5.39. The number of carbonyl (C=O) groups excluding carboxylic acids is 1. The van der Waals surface area contributed by atoms with Crippen molar-refractivity contribution in [1.82, 2.24) is 14.9 Å². The number of unbranched alkanes of at least 4 members (excludes halogenated alkanes) is 1. The van der Waals surface area contributed by atoms with Crippen LogP contribution in [0, 0.1) is 5.92 Å². The molecule has 29 heavy (non-hydrogen) atoms. The van der Waals surface area contributed by atoms with E-state index in [0.717, 1.165) is 44.7 Å². The number of nitrogens with zero attached hydrogens (tertiary/aromatic N) is 4. The molecule has 1 fully saturated rings. The molecule has 0 bridgehead atoms. The van der Waals surface area contributed by atoms with Gasteiger partial charge in [0.15, 0.2) is 5.82 Å². The molecule has 0 aliphatic carbocycles. The summed E-state index contributed by atoms with van der Waals surface area (Å²) in [6.45, 7) is 11.4. The molecule has 0 radical (unpaired) electrons. The van der Waals surface area contributed by atoms with Gasteiger partial charge in [0.25, 0.3) is 0 Å². The highest BCUT2D eigenvalue weighted by atomic mass is 16.2. The summed E-state index contributed by atoms with van der Waals surface area (Å²) in [6.07, 6.45) is 13.9. The summed E-state index contributed by atoms with van der Waals surface area (Å²) in [5, 5.41) is 6.17. The standard InChI is InChI=1S/C22H34N6O/c1-3-5-11-23-22-24-15-19-21(26-22)28(17-20(29)25-19)16-18(9-4-2)10-8-14-27-12-6-7-13-27/h4,8,10,15,18H,2-3,5-7,9,11-14,16-17H2,1H3,(H,25,29)(H,23,24,26)/b10-8+. The molecule has 0 saturated carbocycles. The number of hydrogen-bond acceptors (Lipinski definition) is 6. The van der Waals surface area contributed by atoms with Gasteiger partial charge in [-0.1, -0.05) is 31.6 Å². The van der Waals surface area contributed by atoms with Gasteiger partial charge in [0.2, 0.25) is 11.9 Å². The van der Waals surface area contributed by atoms with Crippen molar-refractivity contribution < 1.29 is 4.79 Å². The molecule has 2 aliphatic rings. The number of carbonyl (C=O) groups is 1. The van der Waals surface area contributed by atoms with Crippen molar-refractivity contribution in [2.75, 3.05) is 54.8 Å². The molecule has 0 aromatic carbocycles. The van der Waals surface area contributed by atoms with Crippen LogP contribution < -0.4 is 15.5 Å². The lowest BCUT2D eigenvalue weighted by Gasteiger charge is -2.31. The van der Waals surface area contributed by atoms with Gasteiger partial charge in [0.1, 0.15) is 5.69 Å². The van der Waals surface area contributed by atoms with Gasteiger partial charge in [-0.15, -0.1) is 6.58 Å². The van der Waals surface area contributed by atoms with Gasteiger partial charge in [-0.2, -0.15) is 4.98 Å². The summed E-state index contributed by atoms with van der Waals surface area (Å²) in [5.74, 6) is 1.68. The summed E-state index contributed by atoms with van der Waals surface area (Å²) in [7, 11) is 0. The first-order chi connectivity index (χ1) is 14.2. The van der Waals surface area contributed by atoms with Crippen LogP contribution >= 0.6 is 0 Å². The molecular weight excluding hydrogens is 364 g/mol. The van der Waals surface area contributed by atoms with Crippen LogP contribution in [0.25, 0.3) is 0 Å². The topological polar surface area (TPSA) is 73.4 Å². The van der Waals surface area contributed by atoms with E-state index in [4.69, 9.17) is 0 Å². The highest BCUT2D eigenvalue weighted by Crippen LogP contribution is 2.28. The maximum atomic E-state index is 12.2. The Hall–Kier alpha value is -2.41. The summed E-state index contributed by atoms with van der Waals surface area (Å²) >= 11 is 0. The zero-order valence-corrected chi connectivity index (χ0v) is 17.6. The SMILES string of the molecule is C=CCC(/C=C/CN1CCCC1)CN1CC(=O)Nc2cnc(NCCCC)nc21. The first kappa shape index (κ1) is 21.3. The van der Waals surface area contributed by atoms with E-state index in [0.29, 0.717) is 24.1 Å². The van der Waals surface area contributed by atoms with Gasteiger partial charge in [-0.3, -0.25) is 9.69 Å². The van der Waals surface area contributed by atoms with E-state index in [1.807, 2.05) is 6.08 Å². The molecule has 158 valence electrons. The van der Waals surface area contributed by atoms with E-state index in [9.17, 15) is 4.79 Å². The number of allylic oxidation sites excluding steroid dienone is 1. The number of hydrogen-bond donors (Lipinski definition) is 2. The molecule has 3 heterocycles. The summed E-state index contributed by atoms with van der Waals surface area (Å²) in [5.41, 5.74) is 0.681. The maximum Gasteiger partial charge on any atom is 0.244 e. The predicted molar refractivity (Wildman–Crippen MR) is 119 cm³/mol. The van der Waals surface area contributed by atoms with E-state index < -0.39 is 0 Å². The van der Waals surface area contributed by atoms with Gasteiger partial charge in [0.05, 0.1) is 12.7 Å². The Bertz CT molecular complexity index is 713. The Kier molecular flexibility index (Phi) is 8.04. The molecular formula is C22H34N6O. The molecule has 7 heteroatoms. The maximum absolute atomic E-state index is 12.2. The Labute approximate surface area is 174 Å². The molecule has 1 saturated heterocycles. The van der Waals surface area contributed by atoms with E-state index in [1.165, 1.54) is 25.9 Å². The second kappa shape index (κ2) is 11.0. The van der Waals surface area contributed by atoms with Crippen LogP contribution in [-0.2, 0) is 4.79 Å². The van der Waals surface area contributed by atoms with Crippen LogP contribution in [0.2, 0.25) is 0 Å². The fourth-order valence-corrected chi connectivity index (χ4v) is 3.83. The number of likely N-dealkylation sites (tertiary alicyclic amines) is 1. The van der Waals surface area contributed by atoms with Crippen molar-refractivity contribution >= 4 is 23.4 Å². The number of aromatic nitrogens is 2. The third-order valence-corrected chi connectivity index (χ3v) is 5.39. The Balaban J connectivity index is 1.68. The van der Waals surface area contributed by atoms with Crippen molar-refractivity contribution in [3.8, 4) is 0 Å². The van der Waals surface area contributed by atoms with Crippen LogP contribution in [-0.4, -0.2) is 60.0 Å². The second-order valence-corrected chi connectivity index (χ2v) is 7.86. The number of anilines is 3. The van der Waals surface area contributed by atoms with Crippen LogP contribution in [0.1, 0.15) is 39.0 Å². The summed E-state index contributed by atoms with van der Waals surface area (Å²) in [6, 6.07) is 0. The van der Waals surface area contributed by atoms with Gasteiger partial charge in [-0.05, 0) is 44.7 Å². The summed E-state index contributed by atoms with van der Waals surface area (Å²) < 4.78 is 0. The Morgan fingerprint density at radius 2 is 2.21 bits per heavy atom. The lowest BCUT2D eigenvalue weighted by molar-refractivity contribution is -0.115. The van der Waals surface area contributed by atoms with Gasteiger partial charge in [0, 0.05) is 19.6 Å². The quantitative estimate of drug-likeness (QED) is 0.440. The first-order valence-corrected chi connectivity index (χ1v) is 10.8. The monoisotopic (exact) mass is 398 g/mol. The molecule has 1 unspecified atom stereocenters. The van der Waals surface area contributed by atoms with E-state index in [1.54, 1.807) is 6.20 Å². The van der Waals surface area contributed by atoms with E-state index in [-0.39, 0.29) is 5.91 Å². The minimum absolute atomic E-state index is 0.0220. The van der Waals surface area contributed by atoms with Gasteiger partial charge < -0.3 is 15.5 Å². The molecule has 2 aliphatic heterocycles. The van der Waals surface area contributed by atoms with Crippen molar-refractivity contribution in [2.45, 2.75) is 39.0 Å². The summed E-state index contributed by atoms with van der Waals surface area (Å²) in [4.78, 5) is 25.8. The number of amides is 1. The first-order valence-electron chi connectivity index (χ1n) is 10.8. The van der Waals surface area contributed by atoms with Gasteiger partial charge >= 0.3 is 0 Å². The zero-order valence-electron chi connectivity index (χ0n) is 17.6. The molecule has 2 N–H and O–H groups in total. The van der Waals surface area contributed by atoms with E-state index >= 15 is 0 Å². The van der Waals surface area contributed by atoms with Crippen LogP contribution in [0.15, 0.2) is 31.0 Å². The Morgan fingerprint density at radius 3 is 2.97 bits per heavy atom.